The highest BCUT2D eigenvalue weighted by Gasteiger charge is 2.19. The Balaban J connectivity index is 4.07. The van der Waals surface area contributed by atoms with Crippen LogP contribution >= 0.6 is 0 Å². The molecule has 0 saturated heterocycles. The van der Waals surface area contributed by atoms with Crippen molar-refractivity contribution < 1.29 is 28.6 Å². The van der Waals surface area contributed by atoms with Crippen LogP contribution in [0.3, 0.4) is 0 Å². The molecule has 0 rings (SSSR count). The fourth-order valence-corrected chi connectivity index (χ4v) is 11.3. The molecule has 0 saturated carbocycles. The Morgan fingerprint density at radius 3 is 0.759 bits per heavy atom. The minimum absolute atomic E-state index is 0.0806. The quantitative estimate of drug-likeness (QED) is 0.0261. The minimum atomic E-state index is -0.787. The second-order valence-electron chi connectivity index (χ2n) is 25.2. The molecular formula is C77H142O6. The molecule has 0 aliphatic rings. The summed E-state index contributed by atoms with van der Waals surface area (Å²) in [6.07, 6.45) is 91.9. The normalized spacial score (nSPS) is 12.3. The van der Waals surface area contributed by atoms with Crippen molar-refractivity contribution in [3.8, 4) is 0 Å². The third-order valence-electron chi connectivity index (χ3n) is 16.8. The van der Waals surface area contributed by atoms with Crippen LogP contribution in [-0.2, 0) is 28.6 Å². The predicted molar refractivity (Wildman–Crippen MR) is 362 cm³/mol. The average Bonchev–Trinajstić information content (AvgIpc) is 3.49. The first kappa shape index (κ1) is 80.4. The Morgan fingerprint density at radius 2 is 0.470 bits per heavy atom. The van der Waals surface area contributed by atoms with E-state index in [9.17, 15) is 14.4 Å². The van der Waals surface area contributed by atoms with Gasteiger partial charge in [0.1, 0.15) is 13.2 Å². The van der Waals surface area contributed by atoms with Gasteiger partial charge >= 0.3 is 17.9 Å². The van der Waals surface area contributed by atoms with Gasteiger partial charge in [0.05, 0.1) is 0 Å². The number of ether oxygens (including phenoxy) is 3. The first-order valence-electron chi connectivity index (χ1n) is 37.1. The number of esters is 3. The molecular weight excluding hydrogens is 1020 g/mol. The molecule has 6 nitrogen and oxygen atoms in total. The van der Waals surface area contributed by atoms with E-state index in [1.807, 2.05) is 0 Å². The number of allylic oxidation sites excluding steroid dienone is 8. The van der Waals surface area contributed by atoms with Crippen LogP contribution in [0, 0.1) is 0 Å². The van der Waals surface area contributed by atoms with Crippen molar-refractivity contribution in [3.63, 3.8) is 0 Å². The highest BCUT2D eigenvalue weighted by atomic mass is 16.6. The molecule has 0 aromatic carbocycles. The highest BCUT2D eigenvalue weighted by Crippen LogP contribution is 2.19. The van der Waals surface area contributed by atoms with Crippen LogP contribution in [0.5, 0.6) is 0 Å². The molecule has 0 amide bonds. The van der Waals surface area contributed by atoms with E-state index in [0.29, 0.717) is 19.3 Å². The van der Waals surface area contributed by atoms with E-state index in [1.165, 1.54) is 283 Å². The predicted octanol–water partition coefficient (Wildman–Crippen LogP) is 25.7. The second kappa shape index (κ2) is 71.8. The second-order valence-corrected chi connectivity index (χ2v) is 25.2. The molecule has 0 fully saturated rings. The first-order valence-corrected chi connectivity index (χ1v) is 37.1. The molecule has 6 heteroatoms. The van der Waals surface area contributed by atoms with E-state index in [4.69, 9.17) is 14.2 Å². The Kier molecular flexibility index (Phi) is 69.6. The van der Waals surface area contributed by atoms with Crippen LogP contribution in [-0.4, -0.2) is 37.2 Å². The largest absolute Gasteiger partial charge is 0.462 e. The lowest BCUT2D eigenvalue weighted by molar-refractivity contribution is -0.167. The third-order valence-corrected chi connectivity index (χ3v) is 16.8. The van der Waals surface area contributed by atoms with Crippen molar-refractivity contribution in [1.82, 2.24) is 0 Å². The van der Waals surface area contributed by atoms with Gasteiger partial charge in [0.2, 0.25) is 0 Å². The summed E-state index contributed by atoms with van der Waals surface area (Å²) in [5, 5.41) is 0. The molecule has 0 radical (unpaired) electrons. The summed E-state index contributed by atoms with van der Waals surface area (Å²) >= 11 is 0. The third kappa shape index (κ3) is 70.0. The van der Waals surface area contributed by atoms with Crippen LogP contribution in [0.15, 0.2) is 48.6 Å². The molecule has 0 aliphatic heterocycles. The Bertz CT molecular complexity index is 1430. The topological polar surface area (TPSA) is 78.9 Å². The van der Waals surface area contributed by atoms with Crippen LogP contribution in [0.25, 0.3) is 0 Å². The van der Waals surface area contributed by atoms with E-state index in [2.05, 4.69) is 69.4 Å². The molecule has 486 valence electrons. The molecule has 83 heavy (non-hydrogen) atoms. The molecule has 0 bridgehead atoms. The lowest BCUT2D eigenvalue weighted by Crippen LogP contribution is -2.30. The zero-order valence-corrected chi connectivity index (χ0v) is 56.0. The molecule has 0 aliphatic carbocycles. The number of hydrogen-bond acceptors (Lipinski definition) is 6. The van der Waals surface area contributed by atoms with Crippen LogP contribution < -0.4 is 0 Å². The van der Waals surface area contributed by atoms with Gasteiger partial charge in [-0.15, -0.1) is 0 Å². The Labute approximate surface area is 518 Å². The highest BCUT2D eigenvalue weighted by molar-refractivity contribution is 5.71. The maximum Gasteiger partial charge on any atom is 0.306 e. The number of carbonyl (C=O) groups is 3. The van der Waals surface area contributed by atoms with E-state index in [0.717, 1.165) is 83.5 Å². The van der Waals surface area contributed by atoms with E-state index in [-0.39, 0.29) is 31.1 Å². The van der Waals surface area contributed by atoms with Crippen molar-refractivity contribution in [2.75, 3.05) is 13.2 Å². The zero-order chi connectivity index (χ0) is 59.9. The van der Waals surface area contributed by atoms with Crippen molar-refractivity contribution in [2.24, 2.45) is 0 Å². The Hall–Kier alpha value is -2.63. The maximum absolute atomic E-state index is 12.9. The van der Waals surface area contributed by atoms with Crippen molar-refractivity contribution in [1.29, 1.82) is 0 Å². The van der Waals surface area contributed by atoms with Crippen LogP contribution in [0.4, 0.5) is 0 Å². The fraction of sp³-hybridized carbons (Fsp3) is 0.857. The molecule has 0 N–H and O–H groups in total. The van der Waals surface area contributed by atoms with Gasteiger partial charge < -0.3 is 14.2 Å². The molecule has 0 heterocycles. The summed E-state index contributed by atoms with van der Waals surface area (Å²) < 4.78 is 16.9. The van der Waals surface area contributed by atoms with Crippen molar-refractivity contribution in [2.45, 2.75) is 412 Å². The first-order chi connectivity index (χ1) is 41.0. The van der Waals surface area contributed by atoms with Crippen molar-refractivity contribution in [3.05, 3.63) is 48.6 Å². The van der Waals surface area contributed by atoms with Crippen LogP contribution in [0.1, 0.15) is 406 Å². The van der Waals surface area contributed by atoms with Crippen molar-refractivity contribution >= 4 is 17.9 Å². The van der Waals surface area contributed by atoms with Gasteiger partial charge in [0.25, 0.3) is 0 Å². The van der Waals surface area contributed by atoms with Crippen LogP contribution in [0.2, 0.25) is 0 Å². The summed E-state index contributed by atoms with van der Waals surface area (Å²) in [5.41, 5.74) is 0. The minimum Gasteiger partial charge on any atom is -0.462 e. The maximum atomic E-state index is 12.9. The SMILES string of the molecule is CC/C=C\C/C=C\C/C=C\CCCCCC(=O)OCC(COC(=O)CCCCCCCCCCCCCCCCCCCCCCCCCCCCCCCCCCCCC)OC(=O)CCCCCCCCC/C=C\CCCCCCCC. The molecule has 0 aromatic rings. The van der Waals surface area contributed by atoms with E-state index in [1.54, 1.807) is 0 Å². The summed E-state index contributed by atoms with van der Waals surface area (Å²) in [6.45, 7) is 6.56. The van der Waals surface area contributed by atoms with Gasteiger partial charge in [-0.25, -0.2) is 0 Å². The van der Waals surface area contributed by atoms with Gasteiger partial charge in [-0.1, -0.05) is 358 Å². The van der Waals surface area contributed by atoms with Gasteiger partial charge in [-0.2, -0.15) is 0 Å². The summed E-state index contributed by atoms with van der Waals surface area (Å²) in [5.74, 6) is -0.892. The van der Waals surface area contributed by atoms with E-state index < -0.39 is 6.10 Å². The van der Waals surface area contributed by atoms with Gasteiger partial charge in [-0.3, -0.25) is 14.4 Å². The molecule has 0 aromatic heterocycles. The summed E-state index contributed by atoms with van der Waals surface area (Å²) in [4.78, 5) is 38.4. The average molecular weight is 1160 g/mol. The lowest BCUT2D eigenvalue weighted by Gasteiger charge is -2.18. The lowest BCUT2D eigenvalue weighted by atomic mass is 10.0. The molecule has 1 atom stereocenters. The number of carbonyl (C=O) groups excluding carboxylic acids is 3. The Morgan fingerprint density at radius 1 is 0.253 bits per heavy atom. The molecule has 1 unspecified atom stereocenters. The number of hydrogen-bond donors (Lipinski definition) is 0. The number of unbranched alkanes of at least 4 members (excludes halogenated alkanes) is 50. The fourth-order valence-electron chi connectivity index (χ4n) is 11.3. The monoisotopic (exact) mass is 1160 g/mol. The van der Waals surface area contributed by atoms with Gasteiger partial charge in [-0.05, 0) is 77.0 Å². The van der Waals surface area contributed by atoms with Gasteiger partial charge in [0, 0.05) is 19.3 Å². The van der Waals surface area contributed by atoms with E-state index >= 15 is 0 Å². The van der Waals surface area contributed by atoms with Gasteiger partial charge in [0.15, 0.2) is 6.10 Å². The summed E-state index contributed by atoms with van der Waals surface area (Å²) in [7, 11) is 0. The molecule has 0 spiro atoms. The zero-order valence-electron chi connectivity index (χ0n) is 56.0. The standard InChI is InChI=1S/C77H142O6/c1-4-7-10-13-16-19-22-25-27-29-30-31-32-33-34-35-36-37-38-39-40-41-42-43-44-45-46-48-49-52-55-58-61-64-67-70-76(79)82-73-74(72-81-75(78)69-66-63-60-57-54-51-24-21-18-15-12-9-6-3)83-77(80)71-68-65-62-59-56-53-50-47-28-26-23-20-17-14-11-8-5-2/h9,12,18,21,26,28,51,54,74H,4-8,10-11,13-17,19-20,22-25,27,29-50,52-53,55-73H2,1-3H3/b12-9-,21-18-,28-26-,54-51-. The number of rotatable bonds is 69. The smallest absolute Gasteiger partial charge is 0.306 e. The summed E-state index contributed by atoms with van der Waals surface area (Å²) in [6, 6.07) is 0.